The molecule has 2 aliphatic rings. The van der Waals surface area contributed by atoms with Crippen molar-refractivity contribution in [1.29, 1.82) is 0 Å². The molecule has 1 fully saturated rings. The van der Waals surface area contributed by atoms with Gasteiger partial charge in [0.2, 0.25) is 0 Å². The minimum Gasteiger partial charge on any atom is -0.468 e. The van der Waals surface area contributed by atoms with Crippen LogP contribution in [-0.2, 0) is 0 Å². The normalized spacial score (nSPS) is 29.4. The van der Waals surface area contributed by atoms with E-state index in [4.69, 9.17) is 4.74 Å². The Hall–Kier alpha value is -1.23. The second-order valence-electron chi connectivity index (χ2n) is 4.91. The van der Waals surface area contributed by atoms with Crippen molar-refractivity contribution in [3.05, 3.63) is 28.2 Å². The van der Waals surface area contributed by atoms with Gasteiger partial charge in [-0.25, -0.2) is 4.79 Å². The predicted octanol–water partition coefficient (Wildman–Crippen LogP) is 3.03. The standard InChI is InChI=1S/C13H15BrN2O2/c1-3-16-12(17)15-10-7-13(16,2)18-11-5-4-8(14)6-9(10)11/h4-6,10H,3,7H2,1-2H3,(H,15,17). The molecular formula is C13H15BrN2O2. The molecule has 2 unspecified atom stereocenters. The van der Waals surface area contributed by atoms with Gasteiger partial charge in [-0.05, 0) is 32.0 Å². The first-order chi connectivity index (χ1) is 8.53. The number of urea groups is 1. The highest BCUT2D eigenvalue weighted by atomic mass is 79.9. The molecule has 0 aromatic heterocycles. The lowest BCUT2D eigenvalue weighted by molar-refractivity contribution is -0.0815. The third-order valence-corrected chi connectivity index (χ3v) is 4.18. The lowest BCUT2D eigenvalue weighted by Crippen LogP contribution is -2.64. The van der Waals surface area contributed by atoms with E-state index in [1.54, 1.807) is 4.90 Å². The molecule has 0 radical (unpaired) electrons. The van der Waals surface area contributed by atoms with Gasteiger partial charge in [0.1, 0.15) is 5.75 Å². The Kier molecular flexibility index (Phi) is 2.55. The van der Waals surface area contributed by atoms with Crippen molar-refractivity contribution in [2.75, 3.05) is 6.54 Å². The van der Waals surface area contributed by atoms with Crippen LogP contribution in [0.25, 0.3) is 0 Å². The number of hydrogen-bond donors (Lipinski definition) is 1. The summed E-state index contributed by atoms with van der Waals surface area (Å²) in [5.74, 6) is 0.857. The van der Waals surface area contributed by atoms with Crippen molar-refractivity contribution in [1.82, 2.24) is 10.2 Å². The maximum Gasteiger partial charge on any atom is 0.320 e. The third-order valence-electron chi connectivity index (χ3n) is 3.69. The maximum atomic E-state index is 12.1. The summed E-state index contributed by atoms with van der Waals surface area (Å²) in [4.78, 5) is 13.8. The number of nitrogens with zero attached hydrogens (tertiary/aromatic N) is 1. The Morgan fingerprint density at radius 1 is 1.61 bits per heavy atom. The topological polar surface area (TPSA) is 41.6 Å². The Labute approximate surface area is 114 Å². The van der Waals surface area contributed by atoms with E-state index in [9.17, 15) is 4.79 Å². The fourth-order valence-corrected chi connectivity index (χ4v) is 3.24. The SMILES string of the molecule is CCN1C(=O)NC2CC1(C)Oc1ccc(Br)cc12. The third kappa shape index (κ3) is 1.61. The summed E-state index contributed by atoms with van der Waals surface area (Å²) < 4.78 is 7.06. The highest BCUT2D eigenvalue weighted by Crippen LogP contribution is 2.44. The molecule has 1 aromatic carbocycles. The summed E-state index contributed by atoms with van der Waals surface area (Å²) >= 11 is 3.46. The molecule has 2 aliphatic heterocycles. The Balaban J connectivity index is 2.08. The van der Waals surface area contributed by atoms with Gasteiger partial charge in [-0.15, -0.1) is 0 Å². The van der Waals surface area contributed by atoms with Crippen LogP contribution in [0, 0.1) is 0 Å². The molecule has 1 N–H and O–H groups in total. The summed E-state index contributed by atoms with van der Waals surface area (Å²) in [6.45, 7) is 4.58. The first-order valence-corrected chi connectivity index (χ1v) is 6.89. The quantitative estimate of drug-likeness (QED) is 0.866. The summed E-state index contributed by atoms with van der Waals surface area (Å²) in [5.41, 5.74) is 0.508. The van der Waals surface area contributed by atoms with E-state index in [2.05, 4.69) is 21.2 Å². The van der Waals surface area contributed by atoms with Crippen LogP contribution in [-0.4, -0.2) is 23.2 Å². The van der Waals surface area contributed by atoms with Crippen LogP contribution in [0.4, 0.5) is 4.79 Å². The van der Waals surface area contributed by atoms with Gasteiger partial charge in [0.05, 0.1) is 6.04 Å². The average molecular weight is 311 g/mol. The first kappa shape index (κ1) is 11.8. The molecule has 1 aromatic rings. The maximum absolute atomic E-state index is 12.1. The number of carbonyl (C=O) groups excluding carboxylic acids is 1. The highest BCUT2D eigenvalue weighted by Gasteiger charge is 2.48. The predicted molar refractivity (Wildman–Crippen MR) is 71.4 cm³/mol. The largest absolute Gasteiger partial charge is 0.468 e. The number of hydrogen-bond acceptors (Lipinski definition) is 2. The molecular weight excluding hydrogens is 296 g/mol. The van der Waals surface area contributed by atoms with Crippen molar-refractivity contribution < 1.29 is 9.53 Å². The number of amides is 2. The highest BCUT2D eigenvalue weighted by molar-refractivity contribution is 9.10. The number of halogens is 1. The molecule has 2 bridgehead atoms. The zero-order valence-electron chi connectivity index (χ0n) is 10.4. The fourth-order valence-electron chi connectivity index (χ4n) is 2.87. The Bertz CT molecular complexity index is 520. The van der Waals surface area contributed by atoms with E-state index in [1.165, 1.54) is 0 Å². The van der Waals surface area contributed by atoms with Crippen molar-refractivity contribution in [3.63, 3.8) is 0 Å². The molecule has 0 spiro atoms. The van der Waals surface area contributed by atoms with Crippen LogP contribution in [0.15, 0.2) is 22.7 Å². The summed E-state index contributed by atoms with van der Waals surface area (Å²) in [6.07, 6.45) is 0.774. The van der Waals surface area contributed by atoms with Gasteiger partial charge in [0.25, 0.3) is 0 Å². The first-order valence-electron chi connectivity index (χ1n) is 6.10. The minimum absolute atomic E-state index is 0.0338. The number of nitrogens with one attached hydrogen (secondary N) is 1. The van der Waals surface area contributed by atoms with Gasteiger partial charge >= 0.3 is 6.03 Å². The van der Waals surface area contributed by atoms with Gasteiger partial charge < -0.3 is 10.1 Å². The van der Waals surface area contributed by atoms with Crippen LogP contribution < -0.4 is 10.1 Å². The Morgan fingerprint density at radius 2 is 2.39 bits per heavy atom. The van der Waals surface area contributed by atoms with Crippen molar-refractivity contribution in [2.45, 2.75) is 32.0 Å². The van der Waals surface area contributed by atoms with Crippen LogP contribution in [0.3, 0.4) is 0 Å². The van der Waals surface area contributed by atoms with Crippen LogP contribution in [0.2, 0.25) is 0 Å². The zero-order valence-corrected chi connectivity index (χ0v) is 12.0. The Morgan fingerprint density at radius 3 is 3.11 bits per heavy atom. The average Bonchev–Trinajstić information content (AvgIpc) is 2.30. The summed E-state index contributed by atoms with van der Waals surface area (Å²) in [7, 11) is 0. The number of benzene rings is 1. The van der Waals surface area contributed by atoms with Crippen molar-refractivity contribution in [2.24, 2.45) is 0 Å². The van der Waals surface area contributed by atoms with Crippen LogP contribution in [0.1, 0.15) is 31.9 Å². The fraction of sp³-hybridized carbons (Fsp3) is 0.462. The lowest BCUT2D eigenvalue weighted by Gasteiger charge is -2.50. The monoisotopic (exact) mass is 310 g/mol. The molecule has 4 nitrogen and oxygen atoms in total. The summed E-state index contributed by atoms with van der Waals surface area (Å²) in [5, 5.41) is 3.04. The molecule has 18 heavy (non-hydrogen) atoms. The van der Waals surface area contributed by atoms with E-state index >= 15 is 0 Å². The second-order valence-corrected chi connectivity index (χ2v) is 5.83. The van der Waals surface area contributed by atoms with Gasteiger partial charge in [-0.3, -0.25) is 4.90 Å². The molecule has 2 atom stereocenters. The van der Waals surface area contributed by atoms with Crippen LogP contribution >= 0.6 is 15.9 Å². The van der Waals surface area contributed by atoms with Crippen LogP contribution in [0.5, 0.6) is 5.75 Å². The smallest absolute Gasteiger partial charge is 0.320 e. The molecule has 5 heteroatoms. The molecule has 3 rings (SSSR count). The van der Waals surface area contributed by atoms with E-state index in [1.807, 2.05) is 32.0 Å². The molecule has 0 saturated carbocycles. The van der Waals surface area contributed by atoms with Gasteiger partial charge in [-0.2, -0.15) is 0 Å². The number of rotatable bonds is 1. The van der Waals surface area contributed by atoms with E-state index in [0.29, 0.717) is 6.54 Å². The van der Waals surface area contributed by atoms with E-state index in [-0.39, 0.29) is 12.1 Å². The molecule has 0 aliphatic carbocycles. The molecule has 2 amide bonds. The number of fused-ring (bicyclic) bond motifs is 4. The van der Waals surface area contributed by atoms with E-state index in [0.717, 1.165) is 22.2 Å². The number of carbonyl (C=O) groups is 1. The molecule has 2 heterocycles. The second kappa shape index (κ2) is 3.88. The zero-order chi connectivity index (χ0) is 12.9. The van der Waals surface area contributed by atoms with Gasteiger partial charge in [0.15, 0.2) is 5.72 Å². The van der Waals surface area contributed by atoms with Gasteiger partial charge in [-0.1, -0.05) is 15.9 Å². The van der Waals surface area contributed by atoms with Gasteiger partial charge in [0, 0.05) is 23.0 Å². The molecule has 96 valence electrons. The van der Waals surface area contributed by atoms with E-state index < -0.39 is 5.72 Å². The minimum atomic E-state index is -0.539. The van der Waals surface area contributed by atoms with Crippen molar-refractivity contribution in [3.8, 4) is 5.75 Å². The van der Waals surface area contributed by atoms with Crippen molar-refractivity contribution >= 4 is 22.0 Å². The summed E-state index contributed by atoms with van der Waals surface area (Å²) in [6, 6.07) is 5.91. The lowest BCUT2D eigenvalue weighted by atomic mass is 9.90. The molecule has 1 saturated heterocycles. The number of ether oxygens (including phenoxy) is 1.